The van der Waals surface area contributed by atoms with Gasteiger partial charge in [-0.3, -0.25) is 5.10 Å². The summed E-state index contributed by atoms with van der Waals surface area (Å²) in [7, 11) is -1.46. The van der Waals surface area contributed by atoms with E-state index >= 15 is 0 Å². The number of aromatic nitrogens is 3. The second-order valence-corrected chi connectivity index (χ2v) is 2.82. The molecule has 0 aliphatic carbocycles. The van der Waals surface area contributed by atoms with Crippen LogP contribution in [0.5, 0.6) is 0 Å². The van der Waals surface area contributed by atoms with E-state index in [0.29, 0.717) is 11.3 Å². The van der Waals surface area contributed by atoms with Crippen molar-refractivity contribution >= 4 is 12.6 Å². The van der Waals surface area contributed by atoms with Crippen LogP contribution in [-0.2, 0) is 0 Å². The van der Waals surface area contributed by atoms with Gasteiger partial charge in [-0.25, -0.2) is 4.98 Å². The SMILES string of the molecule is OB(O)c1cccc(-c2nc[nH]n2)c1. The number of nitrogens with one attached hydrogen (secondary N) is 1. The number of H-pyrrole nitrogens is 1. The number of benzene rings is 1. The van der Waals surface area contributed by atoms with E-state index in [9.17, 15) is 0 Å². The van der Waals surface area contributed by atoms with Gasteiger partial charge in [0.25, 0.3) is 0 Å². The number of nitrogens with zero attached hydrogens (tertiary/aromatic N) is 2. The van der Waals surface area contributed by atoms with Gasteiger partial charge >= 0.3 is 7.12 Å². The van der Waals surface area contributed by atoms with Gasteiger partial charge in [0.1, 0.15) is 6.33 Å². The highest BCUT2D eigenvalue weighted by Crippen LogP contribution is 2.10. The quantitative estimate of drug-likeness (QED) is 0.537. The second kappa shape index (κ2) is 3.61. The van der Waals surface area contributed by atoms with Crippen LogP contribution in [-0.4, -0.2) is 32.3 Å². The Labute approximate surface area is 80.6 Å². The number of rotatable bonds is 2. The molecule has 1 heterocycles. The first kappa shape index (κ1) is 8.92. The standard InChI is InChI=1S/C8H8BN3O2/c13-9(14)7-3-1-2-6(4-7)8-10-5-11-12-8/h1-5,13-14H,(H,10,11,12). The summed E-state index contributed by atoms with van der Waals surface area (Å²) in [6, 6.07) is 6.78. The first-order valence-corrected chi connectivity index (χ1v) is 4.09. The molecule has 1 aromatic carbocycles. The Morgan fingerprint density at radius 3 is 2.79 bits per heavy atom. The average molecular weight is 189 g/mol. The predicted octanol–water partition coefficient (Wildman–Crippen LogP) is -0.849. The topological polar surface area (TPSA) is 82.0 Å². The van der Waals surface area contributed by atoms with E-state index in [1.807, 2.05) is 0 Å². The number of hydrogen-bond acceptors (Lipinski definition) is 4. The van der Waals surface area contributed by atoms with Crippen LogP contribution in [0.15, 0.2) is 30.6 Å². The molecule has 0 amide bonds. The first-order valence-electron chi connectivity index (χ1n) is 4.09. The summed E-state index contributed by atoms with van der Waals surface area (Å²) < 4.78 is 0. The summed E-state index contributed by atoms with van der Waals surface area (Å²) in [5, 5.41) is 24.4. The van der Waals surface area contributed by atoms with Crippen molar-refractivity contribution in [1.29, 1.82) is 0 Å². The monoisotopic (exact) mass is 189 g/mol. The largest absolute Gasteiger partial charge is 0.488 e. The Morgan fingerprint density at radius 1 is 1.29 bits per heavy atom. The van der Waals surface area contributed by atoms with E-state index in [2.05, 4.69) is 15.2 Å². The molecular formula is C8H8BN3O2. The molecule has 14 heavy (non-hydrogen) atoms. The van der Waals surface area contributed by atoms with Crippen LogP contribution >= 0.6 is 0 Å². The average Bonchev–Trinajstić information content (AvgIpc) is 2.71. The predicted molar refractivity (Wildman–Crippen MR) is 51.6 cm³/mol. The summed E-state index contributed by atoms with van der Waals surface area (Å²) in [4.78, 5) is 3.96. The molecule has 3 N–H and O–H groups in total. The van der Waals surface area contributed by atoms with Crippen molar-refractivity contribution in [2.45, 2.75) is 0 Å². The van der Waals surface area contributed by atoms with E-state index < -0.39 is 7.12 Å². The second-order valence-electron chi connectivity index (χ2n) is 2.82. The van der Waals surface area contributed by atoms with Crippen LogP contribution < -0.4 is 5.46 Å². The Kier molecular flexibility index (Phi) is 2.30. The maximum Gasteiger partial charge on any atom is 0.488 e. The fraction of sp³-hybridized carbons (Fsp3) is 0. The van der Waals surface area contributed by atoms with Crippen molar-refractivity contribution in [3.8, 4) is 11.4 Å². The van der Waals surface area contributed by atoms with Gasteiger partial charge in [-0.15, -0.1) is 0 Å². The van der Waals surface area contributed by atoms with Crippen molar-refractivity contribution < 1.29 is 10.0 Å². The zero-order chi connectivity index (χ0) is 9.97. The maximum absolute atomic E-state index is 8.95. The lowest BCUT2D eigenvalue weighted by Gasteiger charge is -2.00. The highest BCUT2D eigenvalue weighted by molar-refractivity contribution is 6.58. The number of aromatic amines is 1. The first-order chi connectivity index (χ1) is 6.77. The normalized spacial score (nSPS) is 10.1. The van der Waals surface area contributed by atoms with Gasteiger partial charge in [-0.2, -0.15) is 5.10 Å². The lowest BCUT2D eigenvalue weighted by Crippen LogP contribution is -2.29. The Hall–Kier alpha value is -1.66. The highest BCUT2D eigenvalue weighted by atomic mass is 16.4. The molecule has 0 saturated heterocycles. The fourth-order valence-corrected chi connectivity index (χ4v) is 1.19. The molecular weight excluding hydrogens is 181 g/mol. The zero-order valence-corrected chi connectivity index (χ0v) is 7.25. The summed E-state index contributed by atoms with van der Waals surface area (Å²) in [6.07, 6.45) is 1.47. The maximum atomic E-state index is 8.95. The molecule has 0 unspecified atom stereocenters. The van der Waals surface area contributed by atoms with Gasteiger partial charge in [-0.1, -0.05) is 24.3 Å². The van der Waals surface area contributed by atoms with Crippen molar-refractivity contribution in [2.24, 2.45) is 0 Å². The van der Waals surface area contributed by atoms with Crippen LogP contribution in [0.4, 0.5) is 0 Å². The third-order valence-corrected chi connectivity index (χ3v) is 1.86. The third kappa shape index (κ3) is 1.66. The molecule has 0 radical (unpaired) electrons. The molecule has 70 valence electrons. The Morgan fingerprint density at radius 2 is 2.14 bits per heavy atom. The van der Waals surface area contributed by atoms with E-state index in [1.54, 1.807) is 24.3 Å². The summed E-state index contributed by atoms with van der Waals surface area (Å²) in [6.45, 7) is 0. The van der Waals surface area contributed by atoms with Gasteiger partial charge in [0.05, 0.1) is 0 Å². The summed E-state index contributed by atoms with van der Waals surface area (Å²) >= 11 is 0. The molecule has 0 bridgehead atoms. The summed E-state index contributed by atoms with van der Waals surface area (Å²) in [5.74, 6) is 0.535. The van der Waals surface area contributed by atoms with Gasteiger partial charge < -0.3 is 10.0 Å². The molecule has 5 nitrogen and oxygen atoms in total. The molecule has 1 aromatic heterocycles. The van der Waals surface area contributed by atoms with Gasteiger partial charge in [0.15, 0.2) is 5.82 Å². The van der Waals surface area contributed by atoms with E-state index in [1.165, 1.54) is 6.33 Å². The van der Waals surface area contributed by atoms with Gasteiger partial charge in [0, 0.05) is 5.56 Å². The minimum Gasteiger partial charge on any atom is -0.423 e. The molecule has 0 saturated carbocycles. The molecule has 0 fully saturated rings. The highest BCUT2D eigenvalue weighted by Gasteiger charge is 2.11. The smallest absolute Gasteiger partial charge is 0.423 e. The molecule has 2 aromatic rings. The Balaban J connectivity index is 2.41. The van der Waals surface area contributed by atoms with Gasteiger partial charge in [-0.05, 0) is 5.46 Å². The van der Waals surface area contributed by atoms with E-state index in [0.717, 1.165) is 5.56 Å². The molecule has 2 rings (SSSR count). The van der Waals surface area contributed by atoms with Crippen LogP contribution in [0.2, 0.25) is 0 Å². The minimum absolute atomic E-state index is 0.423. The van der Waals surface area contributed by atoms with E-state index in [4.69, 9.17) is 10.0 Å². The lowest BCUT2D eigenvalue weighted by atomic mass is 9.79. The van der Waals surface area contributed by atoms with Gasteiger partial charge in [0.2, 0.25) is 0 Å². The van der Waals surface area contributed by atoms with Crippen LogP contribution in [0, 0.1) is 0 Å². The third-order valence-electron chi connectivity index (χ3n) is 1.86. The van der Waals surface area contributed by atoms with Crippen LogP contribution in [0.25, 0.3) is 11.4 Å². The Bertz CT molecular complexity index is 416. The molecule has 0 aliphatic rings. The fourth-order valence-electron chi connectivity index (χ4n) is 1.19. The zero-order valence-electron chi connectivity index (χ0n) is 7.25. The van der Waals surface area contributed by atoms with Crippen molar-refractivity contribution in [3.63, 3.8) is 0 Å². The van der Waals surface area contributed by atoms with E-state index in [-0.39, 0.29) is 0 Å². The molecule has 0 spiro atoms. The number of hydrogen-bond donors (Lipinski definition) is 3. The van der Waals surface area contributed by atoms with Crippen LogP contribution in [0.1, 0.15) is 0 Å². The van der Waals surface area contributed by atoms with Crippen molar-refractivity contribution in [1.82, 2.24) is 15.2 Å². The van der Waals surface area contributed by atoms with Crippen LogP contribution in [0.3, 0.4) is 0 Å². The summed E-state index contributed by atoms with van der Waals surface area (Å²) in [5.41, 5.74) is 1.17. The lowest BCUT2D eigenvalue weighted by molar-refractivity contribution is 0.426. The molecule has 0 atom stereocenters. The molecule has 6 heteroatoms. The van der Waals surface area contributed by atoms with Crippen molar-refractivity contribution in [2.75, 3.05) is 0 Å². The molecule has 0 aliphatic heterocycles. The van der Waals surface area contributed by atoms with Crippen molar-refractivity contribution in [3.05, 3.63) is 30.6 Å². The minimum atomic E-state index is -1.46.